The quantitative estimate of drug-likeness (QED) is 0.770. The second-order valence-corrected chi connectivity index (χ2v) is 3.49. The Hall–Kier alpha value is -0.200. The van der Waals surface area contributed by atoms with Gasteiger partial charge in [0, 0.05) is 16.3 Å². The Morgan fingerprint density at radius 2 is 2.36 bits per heavy atom. The van der Waals surface area contributed by atoms with E-state index < -0.39 is 0 Å². The molecule has 4 N–H and O–H groups in total. The van der Waals surface area contributed by atoms with Gasteiger partial charge in [-0.1, -0.05) is 0 Å². The molecular weight excluding hydrogens is 253 g/mol. The fourth-order valence-electron chi connectivity index (χ4n) is 0.745. The van der Waals surface area contributed by atoms with E-state index in [1.807, 2.05) is 12.1 Å². The molecule has 0 amide bonds. The van der Waals surface area contributed by atoms with E-state index in [0.29, 0.717) is 6.54 Å². The molecule has 0 aliphatic heterocycles. The van der Waals surface area contributed by atoms with Crippen LogP contribution >= 0.6 is 22.6 Å². The number of nitrogens with two attached hydrogens (primary N) is 2. The van der Waals surface area contributed by atoms with Gasteiger partial charge in [0.2, 0.25) is 0 Å². The molecule has 1 rings (SSSR count). The van der Waals surface area contributed by atoms with Crippen LogP contribution in [0.25, 0.3) is 0 Å². The fraction of sp³-hybridized carbons (Fsp3) is 0.286. The molecule has 1 unspecified atom stereocenters. The molecule has 0 saturated heterocycles. The lowest BCUT2D eigenvalue weighted by atomic mass is 10.2. The lowest BCUT2D eigenvalue weighted by Crippen LogP contribution is -2.21. The highest BCUT2D eigenvalue weighted by molar-refractivity contribution is 14.1. The topological polar surface area (TPSA) is 64.9 Å². The number of halogens is 1. The van der Waals surface area contributed by atoms with Gasteiger partial charge in [-0.25, -0.2) is 0 Å². The van der Waals surface area contributed by atoms with E-state index >= 15 is 0 Å². The maximum atomic E-state index is 5.67. The Balaban J connectivity index is 2.86. The molecule has 3 nitrogen and oxygen atoms in total. The van der Waals surface area contributed by atoms with Gasteiger partial charge in [-0.05, 0) is 34.7 Å². The average Bonchev–Trinajstić information content (AvgIpc) is 2.03. The van der Waals surface area contributed by atoms with Crippen molar-refractivity contribution in [3.05, 3.63) is 27.6 Å². The van der Waals surface area contributed by atoms with Crippen molar-refractivity contribution >= 4 is 22.6 Å². The van der Waals surface area contributed by atoms with E-state index in [4.69, 9.17) is 11.5 Å². The zero-order valence-corrected chi connectivity index (χ0v) is 8.15. The minimum atomic E-state index is -0.135. The van der Waals surface area contributed by atoms with Gasteiger partial charge in [0.05, 0.1) is 11.7 Å². The van der Waals surface area contributed by atoms with Gasteiger partial charge in [-0.2, -0.15) is 0 Å². The molecule has 1 aromatic rings. The van der Waals surface area contributed by atoms with Gasteiger partial charge < -0.3 is 11.5 Å². The van der Waals surface area contributed by atoms with Crippen LogP contribution in [0.2, 0.25) is 0 Å². The van der Waals surface area contributed by atoms with Gasteiger partial charge >= 0.3 is 0 Å². The zero-order chi connectivity index (χ0) is 8.27. The normalized spacial score (nSPS) is 13.0. The Kier molecular flexibility index (Phi) is 3.22. The second-order valence-electron chi connectivity index (χ2n) is 2.24. The summed E-state index contributed by atoms with van der Waals surface area (Å²) < 4.78 is 1.14. The first-order valence-corrected chi connectivity index (χ1v) is 4.39. The summed E-state index contributed by atoms with van der Waals surface area (Å²) in [4.78, 5) is 4.10. The van der Waals surface area contributed by atoms with Crippen LogP contribution in [0.3, 0.4) is 0 Å². The van der Waals surface area contributed by atoms with Crippen molar-refractivity contribution in [2.75, 3.05) is 6.54 Å². The van der Waals surface area contributed by atoms with Gasteiger partial charge in [0.15, 0.2) is 0 Å². The molecule has 60 valence electrons. The van der Waals surface area contributed by atoms with Crippen molar-refractivity contribution < 1.29 is 0 Å². The summed E-state index contributed by atoms with van der Waals surface area (Å²) in [6.45, 7) is 0.438. The van der Waals surface area contributed by atoms with Crippen LogP contribution in [0.15, 0.2) is 18.3 Å². The zero-order valence-electron chi connectivity index (χ0n) is 6.00. The predicted octanol–water partition coefficient (Wildman–Crippen LogP) is 0.645. The molecule has 0 saturated carbocycles. The summed E-state index contributed by atoms with van der Waals surface area (Å²) in [5.41, 5.74) is 11.9. The van der Waals surface area contributed by atoms with Gasteiger partial charge in [0.25, 0.3) is 0 Å². The maximum Gasteiger partial charge on any atom is 0.0594 e. The summed E-state index contributed by atoms with van der Waals surface area (Å²) >= 11 is 2.22. The maximum absolute atomic E-state index is 5.67. The van der Waals surface area contributed by atoms with Gasteiger partial charge in [-0.15, -0.1) is 0 Å². The molecule has 1 aromatic heterocycles. The number of pyridine rings is 1. The lowest BCUT2D eigenvalue weighted by Gasteiger charge is -2.06. The number of nitrogens with zero attached hydrogens (tertiary/aromatic N) is 1. The van der Waals surface area contributed by atoms with E-state index in [2.05, 4.69) is 27.6 Å². The van der Waals surface area contributed by atoms with Gasteiger partial charge in [-0.3, -0.25) is 4.98 Å². The molecule has 11 heavy (non-hydrogen) atoms. The van der Waals surface area contributed by atoms with Crippen LogP contribution in [0, 0.1) is 3.57 Å². The summed E-state index contributed by atoms with van der Waals surface area (Å²) in [6.07, 6.45) is 1.74. The van der Waals surface area contributed by atoms with Crippen LogP contribution in [0.4, 0.5) is 0 Å². The van der Waals surface area contributed by atoms with E-state index in [1.54, 1.807) is 6.20 Å². The number of hydrogen-bond donors (Lipinski definition) is 2. The van der Waals surface area contributed by atoms with Crippen molar-refractivity contribution in [2.24, 2.45) is 11.5 Å². The van der Waals surface area contributed by atoms with Crippen molar-refractivity contribution in [3.8, 4) is 0 Å². The highest BCUT2D eigenvalue weighted by atomic mass is 127. The number of hydrogen-bond acceptors (Lipinski definition) is 3. The SMILES string of the molecule is NCC(N)c1cc(I)ccn1. The van der Waals surface area contributed by atoms with Crippen LogP contribution in [-0.2, 0) is 0 Å². The summed E-state index contributed by atoms with van der Waals surface area (Å²) in [6, 6.07) is 3.73. The summed E-state index contributed by atoms with van der Waals surface area (Å²) in [7, 11) is 0. The minimum Gasteiger partial charge on any atom is -0.329 e. The van der Waals surface area contributed by atoms with Crippen molar-refractivity contribution in [1.29, 1.82) is 0 Å². The average molecular weight is 263 g/mol. The molecule has 0 aliphatic rings. The van der Waals surface area contributed by atoms with Gasteiger partial charge in [0.1, 0.15) is 0 Å². The summed E-state index contributed by atoms with van der Waals surface area (Å²) in [5.74, 6) is 0. The first-order chi connectivity index (χ1) is 5.24. The minimum absolute atomic E-state index is 0.135. The molecule has 0 fully saturated rings. The largest absolute Gasteiger partial charge is 0.329 e. The van der Waals surface area contributed by atoms with Crippen LogP contribution in [-0.4, -0.2) is 11.5 Å². The monoisotopic (exact) mass is 263 g/mol. The molecular formula is C7H10IN3. The molecule has 0 aliphatic carbocycles. The molecule has 0 bridgehead atoms. The Bertz CT molecular complexity index is 239. The summed E-state index contributed by atoms with van der Waals surface area (Å²) in [5, 5.41) is 0. The first-order valence-electron chi connectivity index (χ1n) is 3.31. The molecule has 0 aromatic carbocycles. The number of rotatable bonds is 2. The van der Waals surface area contributed by atoms with E-state index in [1.165, 1.54) is 0 Å². The van der Waals surface area contributed by atoms with E-state index in [9.17, 15) is 0 Å². The van der Waals surface area contributed by atoms with Crippen molar-refractivity contribution in [3.63, 3.8) is 0 Å². The molecule has 1 atom stereocenters. The second kappa shape index (κ2) is 3.99. The van der Waals surface area contributed by atoms with Crippen molar-refractivity contribution in [2.45, 2.75) is 6.04 Å². The standard InChI is InChI=1S/C7H10IN3/c8-5-1-2-11-7(3-5)6(10)4-9/h1-3,6H,4,9-10H2. The smallest absolute Gasteiger partial charge is 0.0594 e. The molecule has 1 heterocycles. The van der Waals surface area contributed by atoms with Crippen LogP contribution in [0.1, 0.15) is 11.7 Å². The Labute approximate surface area is 79.3 Å². The van der Waals surface area contributed by atoms with E-state index in [-0.39, 0.29) is 6.04 Å². The highest BCUT2D eigenvalue weighted by Gasteiger charge is 2.03. The third-order valence-corrected chi connectivity index (χ3v) is 2.05. The van der Waals surface area contributed by atoms with Crippen LogP contribution in [0.5, 0.6) is 0 Å². The third-order valence-electron chi connectivity index (χ3n) is 1.38. The molecule has 0 spiro atoms. The van der Waals surface area contributed by atoms with Crippen LogP contribution < -0.4 is 11.5 Å². The third kappa shape index (κ3) is 2.39. The van der Waals surface area contributed by atoms with Crippen molar-refractivity contribution in [1.82, 2.24) is 4.98 Å². The lowest BCUT2D eigenvalue weighted by molar-refractivity contribution is 0.710. The highest BCUT2D eigenvalue weighted by Crippen LogP contribution is 2.09. The Morgan fingerprint density at radius 1 is 1.64 bits per heavy atom. The molecule has 0 radical (unpaired) electrons. The fourth-order valence-corrected chi connectivity index (χ4v) is 1.22. The number of aromatic nitrogens is 1. The Morgan fingerprint density at radius 3 is 2.91 bits per heavy atom. The predicted molar refractivity (Wildman–Crippen MR) is 52.9 cm³/mol. The first kappa shape index (κ1) is 8.89. The molecule has 4 heteroatoms. The van der Waals surface area contributed by atoms with E-state index in [0.717, 1.165) is 9.26 Å².